The number of nitrogens with one attached hydrogen (secondary N) is 1. The van der Waals surface area contributed by atoms with Gasteiger partial charge in [0.05, 0.1) is 5.69 Å². The Bertz CT molecular complexity index is 479. The zero-order chi connectivity index (χ0) is 12.8. The van der Waals surface area contributed by atoms with Gasteiger partial charge in [-0.15, -0.1) is 0 Å². The molecule has 2 N–H and O–H groups in total. The van der Waals surface area contributed by atoms with Crippen molar-refractivity contribution in [1.29, 1.82) is 0 Å². The summed E-state index contributed by atoms with van der Waals surface area (Å²) < 4.78 is 1.84. The molecule has 1 heterocycles. The Morgan fingerprint density at radius 2 is 2.06 bits per heavy atom. The molecule has 0 spiro atoms. The topological polar surface area (TPSA) is 50.1 Å². The lowest BCUT2D eigenvalue weighted by Crippen LogP contribution is -2.15. The third-order valence-electron chi connectivity index (χ3n) is 2.78. The second-order valence-corrected chi connectivity index (χ2v) is 4.30. The van der Waals surface area contributed by atoms with E-state index in [4.69, 9.17) is 5.11 Å². The fraction of sp³-hybridized carbons (Fsp3) is 0.357. The Labute approximate surface area is 107 Å². The number of benzene rings is 1. The molecule has 0 amide bonds. The first-order valence-corrected chi connectivity index (χ1v) is 6.21. The molecule has 0 bridgehead atoms. The molecule has 4 nitrogen and oxygen atoms in total. The summed E-state index contributed by atoms with van der Waals surface area (Å²) in [6, 6.07) is 10.2. The Hall–Kier alpha value is -1.65. The smallest absolute Gasteiger partial charge is 0.0967 e. The zero-order valence-corrected chi connectivity index (χ0v) is 10.6. The molecule has 4 heteroatoms. The van der Waals surface area contributed by atoms with E-state index in [2.05, 4.69) is 22.5 Å². The van der Waals surface area contributed by atoms with Gasteiger partial charge in [0, 0.05) is 37.5 Å². The molecule has 18 heavy (non-hydrogen) atoms. The van der Waals surface area contributed by atoms with Gasteiger partial charge >= 0.3 is 0 Å². The molecule has 0 saturated heterocycles. The van der Waals surface area contributed by atoms with Gasteiger partial charge in [-0.25, -0.2) is 0 Å². The van der Waals surface area contributed by atoms with Gasteiger partial charge in [-0.05, 0) is 13.0 Å². The second-order valence-electron chi connectivity index (χ2n) is 4.30. The van der Waals surface area contributed by atoms with Crippen molar-refractivity contribution in [2.24, 2.45) is 7.05 Å². The first-order chi connectivity index (χ1) is 8.81. The van der Waals surface area contributed by atoms with Crippen LogP contribution in [0.5, 0.6) is 0 Å². The number of nitrogens with zero attached hydrogens (tertiary/aromatic N) is 2. The SMILES string of the molecule is Cn1cc(CNCCCO)c(-c2ccccc2)n1. The number of aliphatic hydroxyl groups is 1. The maximum absolute atomic E-state index is 8.74. The predicted octanol–water partition coefficient (Wildman–Crippen LogP) is 1.56. The maximum Gasteiger partial charge on any atom is 0.0967 e. The van der Waals surface area contributed by atoms with E-state index in [1.807, 2.05) is 36.1 Å². The standard InChI is InChI=1S/C14H19N3O/c1-17-11-13(10-15-8-5-9-18)14(16-17)12-6-3-2-4-7-12/h2-4,6-7,11,15,18H,5,8-10H2,1H3. The minimum Gasteiger partial charge on any atom is -0.396 e. The maximum atomic E-state index is 8.74. The Morgan fingerprint density at radius 1 is 1.28 bits per heavy atom. The van der Waals surface area contributed by atoms with Gasteiger partial charge in [0.2, 0.25) is 0 Å². The molecule has 0 unspecified atom stereocenters. The van der Waals surface area contributed by atoms with E-state index in [1.165, 1.54) is 5.56 Å². The van der Waals surface area contributed by atoms with Crippen LogP contribution in [0.15, 0.2) is 36.5 Å². The summed E-state index contributed by atoms with van der Waals surface area (Å²) in [5.74, 6) is 0. The third-order valence-corrected chi connectivity index (χ3v) is 2.78. The minimum absolute atomic E-state index is 0.228. The Balaban J connectivity index is 2.11. The molecule has 0 aliphatic rings. The highest BCUT2D eigenvalue weighted by molar-refractivity contribution is 5.62. The van der Waals surface area contributed by atoms with E-state index in [1.54, 1.807) is 0 Å². The van der Waals surface area contributed by atoms with Crippen LogP contribution in [0.1, 0.15) is 12.0 Å². The molecular formula is C14H19N3O. The lowest BCUT2D eigenvalue weighted by Gasteiger charge is -2.04. The highest BCUT2D eigenvalue weighted by Crippen LogP contribution is 2.21. The molecular weight excluding hydrogens is 226 g/mol. The van der Waals surface area contributed by atoms with Crippen LogP contribution in [0.25, 0.3) is 11.3 Å². The van der Waals surface area contributed by atoms with Crippen LogP contribution < -0.4 is 5.32 Å². The van der Waals surface area contributed by atoms with Crippen molar-refractivity contribution in [1.82, 2.24) is 15.1 Å². The van der Waals surface area contributed by atoms with Gasteiger partial charge in [-0.3, -0.25) is 4.68 Å². The molecule has 0 saturated carbocycles. The van der Waals surface area contributed by atoms with E-state index in [9.17, 15) is 0 Å². The number of hydrogen-bond acceptors (Lipinski definition) is 3. The molecule has 1 aromatic carbocycles. The molecule has 2 aromatic rings. The van der Waals surface area contributed by atoms with E-state index in [-0.39, 0.29) is 6.61 Å². The lowest BCUT2D eigenvalue weighted by atomic mass is 10.1. The fourth-order valence-electron chi connectivity index (χ4n) is 1.93. The molecule has 1 aromatic heterocycles. The highest BCUT2D eigenvalue weighted by Gasteiger charge is 2.08. The van der Waals surface area contributed by atoms with Gasteiger partial charge < -0.3 is 10.4 Å². The molecule has 0 aliphatic heterocycles. The van der Waals surface area contributed by atoms with Crippen molar-refractivity contribution in [3.8, 4) is 11.3 Å². The van der Waals surface area contributed by atoms with Crippen molar-refractivity contribution < 1.29 is 5.11 Å². The van der Waals surface area contributed by atoms with Crippen molar-refractivity contribution in [3.63, 3.8) is 0 Å². The van der Waals surface area contributed by atoms with Crippen LogP contribution in [-0.4, -0.2) is 28.0 Å². The molecule has 0 radical (unpaired) electrons. The number of aliphatic hydroxyl groups excluding tert-OH is 1. The average Bonchev–Trinajstić information content (AvgIpc) is 2.77. The summed E-state index contributed by atoms with van der Waals surface area (Å²) in [5.41, 5.74) is 3.34. The average molecular weight is 245 g/mol. The van der Waals surface area contributed by atoms with Crippen LogP contribution in [0, 0.1) is 0 Å². The molecule has 96 valence electrons. The largest absolute Gasteiger partial charge is 0.396 e. The normalized spacial score (nSPS) is 10.8. The predicted molar refractivity (Wildman–Crippen MR) is 72.1 cm³/mol. The summed E-state index contributed by atoms with van der Waals surface area (Å²) in [4.78, 5) is 0. The summed E-state index contributed by atoms with van der Waals surface area (Å²) in [6.45, 7) is 1.82. The molecule has 0 atom stereocenters. The molecule has 0 fully saturated rings. The summed E-state index contributed by atoms with van der Waals surface area (Å²) in [7, 11) is 1.93. The van der Waals surface area contributed by atoms with E-state index in [0.717, 1.165) is 30.8 Å². The van der Waals surface area contributed by atoms with Gasteiger partial charge in [0.1, 0.15) is 0 Å². The number of rotatable bonds is 6. The van der Waals surface area contributed by atoms with Crippen LogP contribution in [0.4, 0.5) is 0 Å². The van der Waals surface area contributed by atoms with Gasteiger partial charge in [0.25, 0.3) is 0 Å². The van der Waals surface area contributed by atoms with Crippen LogP contribution >= 0.6 is 0 Å². The number of hydrogen-bond donors (Lipinski definition) is 2. The van der Waals surface area contributed by atoms with Crippen molar-refractivity contribution in [2.45, 2.75) is 13.0 Å². The van der Waals surface area contributed by atoms with E-state index >= 15 is 0 Å². The van der Waals surface area contributed by atoms with Crippen molar-refractivity contribution in [2.75, 3.05) is 13.2 Å². The van der Waals surface area contributed by atoms with Gasteiger partial charge in [-0.2, -0.15) is 5.10 Å². The summed E-state index contributed by atoms with van der Waals surface area (Å²) in [6.07, 6.45) is 2.81. The quantitative estimate of drug-likeness (QED) is 0.759. The molecule has 0 aliphatic carbocycles. The van der Waals surface area contributed by atoms with Crippen LogP contribution in [0.2, 0.25) is 0 Å². The fourth-order valence-corrected chi connectivity index (χ4v) is 1.93. The van der Waals surface area contributed by atoms with Gasteiger partial charge in [0.15, 0.2) is 0 Å². The highest BCUT2D eigenvalue weighted by atomic mass is 16.3. The molecule has 2 rings (SSSR count). The second kappa shape index (κ2) is 6.33. The van der Waals surface area contributed by atoms with Crippen LogP contribution in [0.3, 0.4) is 0 Å². The number of aromatic nitrogens is 2. The third kappa shape index (κ3) is 3.18. The van der Waals surface area contributed by atoms with Gasteiger partial charge in [-0.1, -0.05) is 30.3 Å². The lowest BCUT2D eigenvalue weighted by molar-refractivity contribution is 0.286. The Kier molecular flexibility index (Phi) is 4.50. The Morgan fingerprint density at radius 3 is 2.78 bits per heavy atom. The first-order valence-electron chi connectivity index (χ1n) is 6.21. The monoisotopic (exact) mass is 245 g/mol. The van der Waals surface area contributed by atoms with Crippen LogP contribution in [-0.2, 0) is 13.6 Å². The van der Waals surface area contributed by atoms with E-state index < -0.39 is 0 Å². The minimum atomic E-state index is 0.228. The van der Waals surface area contributed by atoms with Crippen molar-refractivity contribution >= 4 is 0 Å². The van der Waals surface area contributed by atoms with E-state index in [0.29, 0.717) is 0 Å². The number of aryl methyl sites for hydroxylation is 1. The first kappa shape index (κ1) is 12.8. The summed E-state index contributed by atoms with van der Waals surface area (Å²) >= 11 is 0. The summed E-state index contributed by atoms with van der Waals surface area (Å²) in [5, 5.41) is 16.6. The van der Waals surface area contributed by atoms with Crippen molar-refractivity contribution in [3.05, 3.63) is 42.1 Å². The zero-order valence-electron chi connectivity index (χ0n) is 10.6.